The minimum Gasteiger partial charge on any atom is -0.354 e. The quantitative estimate of drug-likeness (QED) is 0.486. The Morgan fingerprint density at radius 3 is 2.50 bits per heavy atom. The highest BCUT2D eigenvalue weighted by Crippen LogP contribution is 2.31. The zero-order chi connectivity index (χ0) is 21.3. The van der Waals surface area contributed by atoms with Crippen molar-refractivity contribution in [2.24, 2.45) is 5.92 Å². The van der Waals surface area contributed by atoms with E-state index >= 15 is 0 Å². The number of carbonyl (C=O) groups is 1. The lowest BCUT2D eigenvalue weighted by molar-refractivity contribution is -0.135. The summed E-state index contributed by atoms with van der Waals surface area (Å²) in [5, 5.41) is 0. The van der Waals surface area contributed by atoms with Crippen molar-refractivity contribution in [2.75, 3.05) is 40.3 Å². The Morgan fingerprint density at radius 2 is 1.96 bits per heavy atom. The molecule has 0 N–H and O–H groups in total. The van der Waals surface area contributed by atoms with Crippen molar-refractivity contribution in [1.29, 1.82) is 0 Å². The van der Waals surface area contributed by atoms with Gasteiger partial charge in [0, 0.05) is 51.0 Å². The van der Waals surface area contributed by atoms with Crippen LogP contribution in [0.25, 0.3) is 0 Å². The lowest BCUT2D eigenvalue weighted by Crippen LogP contribution is -2.39. The summed E-state index contributed by atoms with van der Waals surface area (Å²) >= 11 is 0. The molecular weight excluding hydrogens is 346 g/mol. The third-order valence-electron chi connectivity index (χ3n) is 5.51. The largest absolute Gasteiger partial charge is 0.354 e. The van der Waals surface area contributed by atoms with Crippen LogP contribution in [0.1, 0.15) is 40.5 Å². The molecule has 156 valence electrons. The van der Waals surface area contributed by atoms with Gasteiger partial charge in [-0.1, -0.05) is 38.3 Å². The molecule has 1 unspecified atom stereocenters. The first kappa shape index (κ1) is 24.0. The van der Waals surface area contributed by atoms with Crippen LogP contribution in [0, 0.1) is 5.92 Å². The monoisotopic (exact) mass is 385 g/mol. The normalized spacial score (nSPS) is 16.2. The molecule has 4 nitrogen and oxygen atoms in total. The van der Waals surface area contributed by atoms with Gasteiger partial charge in [-0.25, -0.2) is 0 Å². The molecule has 0 aromatic heterocycles. The van der Waals surface area contributed by atoms with E-state index in [-0.39, 0.29) is 11.8 Å². The van der Waals surface area contributed by atoms with Crippen molar-refractivity contribution in [3.63, 3.8) is 0 Å². The van der Waals surface area contributed by atoms with E-state index in [9.17, 15) is 4.79 Å². The second kappa shape index (κ2) is 11.7. The Kier molecular flexibility index (Phi) is 10.0. The SMILES string of the molecule is C=C/C=C(/C=C)C1=C(C)N(C)C=C(CCN(C)CC(C)C(=O)N(CC)CC)C1. The number of allylic oxidation sites excluding steroid dienone is 6. The first-order valence-corrected chi connectivity index (χ1v) is 10.3. The number of rotatable bonds is 11. The highest BCUT2D eigenvalue weighted by Gasteiger charge is 2.21. The molecule has 0 aliphatic carbocycles. The molecule has 1 heterocycles. The fourth-order valence-electron chi connectivity index (χ4n) is 3.69. The summed E-state index contributed by atoms with van der Waals surface area (Å²) < 4.78 is 0. The van der Waals surface area contributed by atoms with Crippen molar-refractivity contribution >= 4 is 5.91 Å². The first-order valence-electron chi connectivity index (χ1n) is 10.3. The minimum absolute atomic E-state index is 0.0218. The van der Waals surface area contributed by atoms with Gasteiger partial charge >= 0.3 is 0 Å². The van der Waals surface area contributed by atoms with E-state index in [0.717, 1.165) is 44.6 Å². The summed E-state index contributed by atoms with van der Waals surface area (Å²) in [6, 6.07) is 0. The van der Waals surface area contributed by atoms with Gasteiger partial charge in [-0.3, -0.25) is 4.79 Å². The van der Waals surface area contributed by atoms with Gasteiger partial charge in [0.15, 0.2) is 0 Å². The predicted octanol–water partition coefficient (Wildman–Crippen LogP) is 4.60. The fraction of sp³-hybridized carbons (Fsp3) is 0.542. The van der Waals surface area contributed by atoms with E-state index < -0.39 is 0 Å². The average Bonchev–Trinajstić information content (AvgIpc) is 2.67. The van der Waals surface area contributed by atoms with Crippen LogP contribution in [0.15, 0.2) is 60.0 Å². The van der Waals surface area contributed by atoms with Crippen LogP contribution in [0.2, 0.25) is 0 Å². The summed E-state index contributed by atoms with van der Waals surface area (Å²) in [6.07, 6.45) is 9.91. The molecule has 1 aliphatic heterocycles. The standard InChI is InChI=1S/C24H39N3O/c1-9-13-22(10-2)23-16-21(18-26(8)20(23)6)14-15-25(7)17-19(5)24(28)27(11-3)12-4/h9-10,13,18-19H,1-2,11-12,14-17H2,3-8H3/b22-13-. The van der Waals surface area contributed by atoms with Gasteiger partial charge in [0.05, 0.1) is 0 Å². The maximum absolute atomic E-state index is 12.5. The molecule has 4 heteroatoms. The smallest absolute Gasteiger partial charge is 0.226 e. The van der Waals surface area contributed by atoms with Gasteiger partial charge in [0.1, 0.15) is 0 Å². The molecule has 1 amide bonds. The number of carbonyl (C=O) groups excluding carboxylic acids is 1. The van der Waals surface area contributed by atoms with E-state index in [1.165, 1.54) is 16.8 Å². The van der Waals surface area contributed by atoms with Crippen LogP contribution in [0.4, 0.5) is 0 Å². The molecule has 1 atom stereocenters. The summed E-state index contributed by atoms with van der Waals surface area (Å²) in [7, 11) is 4.20. The van der Waals surface area contributed by atoms with E-state index in [1.54, 1.807) is 0 Å². The van der Waals surface area contributed by atoms with E-state index in [4.69, 9.17) is 0 Å². The van der Waals surface area contributed by atoms with Crippen LogP contribution >= 0.6 is 0 Å². The molecule has 0 aromatic carbocycles. The maximum atomic E-state index is 12.5. The Balaban J connectivity index is 2.68. The van der Waals surface area contributed by atoms with Crippen molar-refractivity contribution in [3.05, 3.63) is 60.0 Å². The number of hydrogen-bond donors (Lipinski definition) is 0. The topological polar surface area (TPSA) is 26.8 Å². The van der Waals surface area contributed by atoms with Gasteiger partial charge in [-0.2, -0.15) is 0 Å². The van der Waals surface area contributed by atoms with Crippen LogP contribution in [-0.4, -0.2) is 60.9 Å². The number of nitrogens with zero attached hydrogens (tertiary/aromatic N) is 3. The molecule has 0 saturated heterocycles. The number of hydrogen-bond acceptors (Lipinski definition) is 3. The third-order valence-corrected chi connectivity index (χ3v) is 5.51. The third kappa shape index (κ3) is 6.52. The first-order chi connectivity index (χ1) is 13.3. The summed E-state index contributed by atoms with van der Waals surface area (Å²) in [4.78, 5) is 18.9. The summed E-state index contributed by atoms with van der Waals surface area (Å²) in [6.45, 7) is 19.3. The van der Waals surface area contributed by atoms with Crippen molar-refractivity contribution < 1.29 is 4.79 Å². The summed E-state index contributed by atoms with van der Waals surface area (Å²) in [5.41, 5.74) is 5.09. The van der Waals surface area contributed by atoms with Crippen LogP contribution < -0.4 is 0 Å². The molecular formula is C24H39N3O. The number of amides is 1. The highest BCUT2D eigenvalue weighted by molar-refractivity contribution is 5.78. The van der Waals surface area contributed by atoms with Crippen LogP contribution in [0.3, 0.4) is 0 Å². The summed E-state index contributed by atoms with van der Waals surface area (Å²) in [5.74, 6) is 0.271. The van der Waals surface area contributed by atoms with Crippen molar-refractivity contribution in [3.8, 4) is 0 Å². The minimum atomic E-state index is 0.0218. The van der Waals surface area contributed by atoms with Gasteiger partial charge in [-0.15, -0.1) is 0 Å². The Labute approximate surface area is 172 Å². The van der Waals surface area contributed by atoms with Crippen molar-refractivity contribution in [2.45, 2.75) is 40.5 Å². The maximum Gasteiger partial charge on any atom is 0.226 e. The molecule has 1 aliphatic rings. The fourth-order valence-corrected chi connectivity index (χ4v) is 3.69. The van der Waals surface area contributed by atoms with Crippen LogP contribution in [0.5, 0.6) is 0 Å². The molecule has 0 radical (unpaired) electrons. The van der Waals surface area contributed by atoms with Gasteiger partial charge in [-0.05, 0) is 57.4 Å². The molecule has 1 rings (SSSR count). The molecule has 0 aromatic rings. The molecule has 0 bridgehead atoms. The van der Waals surface area contributed by atoms with E-state index in [1.807, 2.05) is 43.9 Å². The Hall–Kier alpha value is -2.07. The van der Waals surface area contributed by atoms with Crippen molar-refractivity contribution in [1.82, 2.24) is 14.7 Å². The zero-order valence-corrected chi connectivity index (χ0v) is 18.8. The second-order valence-corrected chi connectivity index (χ2v) is 7.62. The lowest BCUT2D eigenvalue weighted by Gasteiger charge is -2.29. The highest BCUT2D eigenvalue weighted by atomic mass is 16.2. The molecule has 0 saturated carbocycles. The molecule has 0 spiro atoms. The zero-order valence-electron chi connectivity index (χ0n) is 18.8. The van der Waals surface area contributed by atoms with Gasteiger partial charge in [0.25, 0.3) is 0 Å². The average molecular weight is 386 g/mol. The van der Waals surface area contributed by atoms with Gasteiger partial charge < -0.3 is 14.7 Å². The second-order valence-electron chi connectivity index (χ2n) is 7.62. The lowest BCUT2D eigenvalue weighted by atomic mass is 9.92. The van der Waals surface area contributed by atoms with E-state index in [0.29, 0.717) is 0 Å². The Morgan fingerprint density at radius 1 is 1.32 bits per heavy atom. The van der Waals surface area contributed by atoms with Crippen LogP contribution in [-0.2, 0) is 4.79 Å². The molecule has 28 heavy (non-hydrogen) atoms. The predicted molar refractivity (Wildman–Crippen MR) is 121 cm³/mol. The van der Waals surface area contributed by atoms with E-state index in [2.05, 4.69) is 50.2 Å². The molecule has 0 fully saturated rings. The Bertz CT molecular complexity index is 653. The van der Waals surface area contributed by atoms with Gasteiger partial charge in [0.2, 0.25) is 5.91 Å².